The molecule has 0 aromatic heterocycles. The fourth-order valence-electron chi connectivity index (χ4n) is 1.66. The third-order valence-corrected chi connectivity index (χ3v) is 2.59. The molecule has 1 rings (SSSR count). The molecule has 0 aliphatic rings. The maximum atomic E-state index is 13.2. The molecule has 1 aromatic rings. The van der Waals surface area contributed by atoms with E-state index in [2.05, 4.69) is 11.9 Å². The molecule has 3 heteroatoms. The van der Waals surface area contributed by atoms with Crippen LogP contribution in [0.3, 0.4) is 0 Å². The van der Waals surface area contributed by atoms with Crippen molar-refractivity contribution in [1.29, 1.82) is 0 Å². The molecule has 0 radical (unpaired) electrons. The van der Waals surface area contributed by atoms with E-state index in [-0.39, 0.29) is 17.6 Å². The average Bonchev–Trinajstić information content (AvgIpc) is 2.32. The number of hydrogen-bond donors (Lipinski definition) is 1. The van der Waals surface area contributed by atoms with Crippen LogP contribution in [-0.2, 0) is 0 Å². The predicted molar refractivity (Wildman–Crippen MR) is 64.2 cm³/mol. The Morgan fingerprint density at radius 2 is 2.31 bits per heavy atom. The highest BCUT2D eigenvalue weighted by Crippen LogP contribution is 2.25. The van der Waals surface area contributed by atoms with Crippen molar-refractivity contribution in [2.45, 2.75) is 18.9 Å². The van der Waals surface area contributed by atoms with Crippen LogP contribution in [0.15, 0.2) is 30.9 Å². The molecule has 0 heterocycles. The number of halogens is 1. The minimum atomic E-state index is -0.329. The molecule has 1 atom stereocenters. The molecule has 0 bridgehead atoms. The van der Waals surface area contributed by atoms with E-state index < -0.39 is 0 Å². The van der Waals surface area contributed by atoms with Crippen LogP contribution >= 0.6 is 0 Å². The first-order valence-corrected chi connectivity index (χ1v) is 5.34. The molecule has 1 N–H and O–H groups in total. The van der Waals surface area contributed by atoms with Crippen LogP contribution in [0.5, 0.6) is 5.75 Å². The summed E-state index contributed by atoms with van der Waals surface area (Å²) in [5.74, 6) is -0.0406. The quantitative estimate of drug-likeness (QED) is 0.748. The number of nitrogens with one attached hydrogen (secondary N) is 1. The molecule has 0 aliphatic heterocycles. The van der Waals surface area contributed by atoms with E-state index in [1.54, 1.807) is 12.1 Å². The second-order valence-corrected chi connectivity index (χ2v) is 3.60. The molecule has 0 saturated heterocycles. The van der Waals surface area contributed by atoms with Crippen molar-refractivity contribution in [2.75, 3.05) is 14.2 Å². The molecular formula is C13H18FNO. The van der Waals surface area contributed by atoms with Gasteiger partial charge in [0.1, 0.15) is 0 Å². The van der Waals surface area contributed by atoms with Crippen LogP contribution in [-0.4, -0.2) is 14.2 Å². The molecule has 16 heavy (non-hydrogen) atoms. The van der Waals surface area contributed by atoms with Crippen LogP contribution in [0, 0.1) is 5.82 Å². The van der Waals surface area contributed by atoms with Gasteiger partial charge in [-0.2, -0.15) is 0 Å². The van der Waals surface area contributed by atoms with Gasteiger partial charge in [-0.1, -0.05) is 12.1 Å². The second-order valence-electron chi connectivity index (χ2n) is 3.60. The Bertz CT molecular complexity index is 352. The minimum Gasteiger partial charge on any atom is -0.494 e. The van der Waals surface area contributed by atoms with Gasteiger partial charge < -0.3 is 10.1 Å². The van der Waals surface area contributed by atoms with Crippen molar-refractivity contribution in [3.63, 3.8) is 0 Å². The van der Waals surface area contributed by atoms with E-state index in [1.165, 1.54) is 13.2 Å². The van der Waals surface area contributed by atoms with Gasteiger partial charge >= 0.3 is 0 Å². The molecule has 1 unspecified atom stereocenters. The normalized spacial score (nSPS) is 12.2. The summed E-state index contributed by atoms with van der Waals surface area (Å²) in [7, 11) is 3.36. The zero-order valence-electron chi connectivity index (χ0n) is 9.79. The summed E-state index contributed by atoms with van der Waals surface area (Å²) in [5, 5.41) is 3.20. The molecule has 88 valence electrons. The van der Waals surface area contributed by atoms with Gasteiger partial charge in [-0.3, -0.25) is 0 Å². The third-order valence-electron chi connectivity index (χ3n) is 2.59. The first-order valence-electron chi connectivity index (χ1n) is 5.34. The van der Waals surface area contributed by atoms with Gasteiger partial charge in [0.15, 0.2) is 11.6 Å². The van der Waals surface area contributed by atoms with Crippen molar-refractivity contribution >= 4 is 0 Å². The molecular weight excluding hydrogens is 205 g/mol. The van der Waals surface area contributed by atoms with Crippen LogP contribution < -0.4 is 10.1 Å². The van der Waals surface area contributed by atoms with Crippen LogP contribution in [0.1, 0.15) is 24.4 Å². The first kappa shape index (κ1) is 12.7. The standard InChI is InChI=1S/C13H18FNO/c1-4-5-6-12(15-2)10-7-8-11(14)13(9-10)16-3/h4,7-9,12,15H,1,5-6H2,2-3H3. The Hall–Kier alpha value is -1.35. The summed E-state index contributed by atoms with van der Waals surface area (Å²) in [6, 6.07) is 5.15. The van der Waals surface area contributed by atoms with Gasteiger partial charge in [-0.15, -0.1) is 6.58 Å². The number of allylic oxidation sites excluding steroid dienone is 1. The van der Waals surface area contributed by atoms with Gasteiger partial charge in [0, 0.05) is 6.04 Å². The third kappa shape index (κ3) is 3.07. The Balaban J connectivity index is 2.87. The number of benzene rings is 1. The topological polar surface area (TPSA) is 21.3 Å². The van der Waals surface area contributed by atoms with Gasteiger partial charge in [0.25, 0.3) is 0 Å². The Kier molecular flexibility index (Phi) is 4.99. The summed E-state index contributed by atoms with van der Waals surface area (Å²) in [6.45, 7) is 3.70. The Labute approximate surface area is 96.1 Å². The molecule has 1 aromatic carbocycles. The largest absolute Gasteiger partial charge is 0.494 e. The number of hydrogen-bond acceptors (Lipinski definition) is 2. The monoisotopic (exact) mass is 223 g/mol. The SMILES string of the molecule is C=CCCC(NC)c1ccc(F)c(OC)c1. The molecule has 0 amide bonds. The number of methoxy groups -OCH3 is 1. The van der Waals surface area contributed by atoms with Crippen LogP contribution in [0.2, 0.25) is 0 Å². The van der Waals surface area contributed by atoms with Crippen LogP contribution in [0.4, 0.5) is 4.39 Å². The summed E-state index contributed by atoms with van der Waals surface area (Å²) >= 11 is 0. The molecule has 2 nitrogen and oxygen atoms in total. The lowest BCUT2D eigenvalue weighted by molar-refractivity contribution is 0.384. The minimum absolute atomic E-state index is 0.201. The van der Waals surface area contributed by atoms with E-state index in [0.717, 1.165) is 18.4 Å². The Morgan fingerprint density at radius 3 is 2.88 bits per heavy atom. The lowest BCUT2D eigenvalue weighted by Gasteiger charge is -2.16. The Morgan fingerprint density at radius 1 is 1.56 bits per heavy atom. The van der Waals surface area contributed by atoms with E-state index in [9.17, 15) is 4.39 Å². The maximum Gasteiger partial charge on any atom is 0.165 e. The van der Waals surface area contributed by atoms with Gasteiger partial charge in [0.2, 0.25) is 0 Å². The molecule has 0 aliphatic carbocycles. The van der Waals surface area contributed by atoms with Crippen molar-refractivity contribution < 1.29 is 9.13 Å². The fraction of sp³-hybridized carbons (Fsp3) is 0.385. The molecule has 0 spiro atoms. The van der Waals surface area contributed by atoms with E-state index in [0.29, 0.717) is 0 Å². The zero-order valence-corrected chi connectivity index (χ0v) is 9.79. The second kappa shape index (κ2) is 6.28. The average molecular weight is 223 g/mol. The first-order chi connectivity index (χ1) is 7.72. The summed E-state index contributed by atoms with van der Waals surface area (Å²) < 4.78 is 18.2. The van der Waals surface area contributed by atoms with Crippen molar-refractivity contribution in [3.8, 4) is 5.75 Å². The lowest BCUT2D eigenvalue weighted by atomic mass is 10.0. The van der Waals surface area contributed by atoms with Gasteiger partial charge in [-0.25, -0.2) is 4.39 Å². The highest BCUT2D eigenvalue weighted by molar-refractivity contribution is 5.32. The van der Waals surface area contributed by atoms with Crippen molar-refractivity contribution in [2.24, 2.45) is 0 Å². The number of ether oxygens (including phenoxy) is 1. The highest BCUT2D eigenvalue weighted by Gasteiger charge is 2.11. The summed E-state index contributed by atoms with van der Waals surface area (Å²) in [4.78, 5) is 0. The van der Waals surface area contributed by atoms with E-state index >= 15 is 0 Å². The highest BCUT2D eigenvalue weighted by atomic mass is 19.1. The van der Waals surface area contributed by atoms with Crippen molar-refractivity contribution in [1.82, 2.24) is 5.32 Å². The van der Waals surface area contributed by atoms with E-state index in [4.69, 9.17) is 4.74 Å². The molecule has 0 fully saturated rings. The smallest absolute Gasteiger partial charge is 0.165 e. The molecule has 0 saturated carbocycles. The maximum absolute atomic E-state index is 13.2. The van der Waals surface area contributed by atoms with Crippen LogP contribution in [0.25, 0.3) is 0 Å². The predicted octanol–water partition coefficient (Wildman–Crippen LogP) is 3.06. The van der Waals surface area contributed by atoms with E-state index in [1.807, 2.05) is 13.1 Å². The van der Waals surface area contributed by atoms with Gasteiger partial charge in [0.05, 0.1) is 7.11 Å². The summed E-state index contributed by atoms with van der Waals surface area (Å²) in [6.07, 6.45) is 3.74. The number of rotatable bonds is 6. The van der Waals surface area contributed by atoms with Crippen molar-refractivity contribution in [3.05, 3.63) is 42.2 Å². The fourth-order valence-corrected chi connectivity index (χ4v) is 1.66. The zero-order chi connectivity index (χ0) is 12.0. The summed E-state index contributed by atoms with van der Waals surface area (Å²) in [5.41, 5.74) is 1.03. The van der Waals surface area contributed by atoms with Gasteiger partial charge in [-0.05, 0) is 37.6 Å². The lowest BCUT2D eigenvalue weighted by Crippen LogP contribution is -2.16.